The van der Waals surface area contributed by atoms with Crippen LogP contribution < -0.4 is 0 Å². The number of benzene rings is 12. The average molecular weight is 707 g/mol. The molecule has 0 N–H and O–H groups in total. The fourth-order valence-electron chi connectivity index (χ4n) is 9.71. The van der Waals surface area contributed by atoms with Gasteiger partial charge in [0.25, 0.3) is 0 Å². The lowest BCUT2D eigenvalue weighted by Gasteiger charge is -2.23. The highest BCUT2D eigenvalue weighted by Crippen LogP contribution is 2.50. The van der Waals surface area contributed by atoms with E-state index in [1.807, 2.05) is 0 Å². The Morgan fingerprint density at radius 1 is 0.179 bits per heavy atom. The van der Waals surface area contributed by atoms with E-state index in [1.165, 1.54) is 120 Å². The fourth-order valence-corrected chi connectivity index (χ4v) is 9.71. The van der Waals surface area contributed by atoms with Crippen molar-refractivity contribution in [3.63, 3.8) is 0 Å². The number of fused-ring (bicyclic) bond motifs is 6. The van der Waals surface area contributed by atoms with E-state index in [2.05, 4.69) is 206 Å². The molecule has 12 rings (SSSR count). The molecular formula is C56H34. The lowest BCUT2D eigenvalue weighted by molar-refractivity contribution is 1.64. The zero-order chi connectivity index (χ0) is 36.7. The van der Waals surface area contributed by atoms with Crippen LogP contribution in [-0.4, -0.2) is 0 Å². The molecule has 0 aliphatic heterocycles. The molecule has 0 spiro atoms. The Kier molecular flexibility index (Phi) is 6.73. The largest absolute Gasteiger partial charge is 0.0622 e. The Morgan fingerprint density at radius 3 is 0.893 bits per heavy atom. The zero-order valence-electron chi connectivity index (χ0n) is 30.6. The van der Waals surface area contributed by atoms with Gasteiger partial charge in [-0.15, -0.1) is 0 Å². The molecule has 56 heavy (non-hydrogen) atoms. The Morgan fingerprint density at radius 2 is 0.482 bits per heavy atom. The van der Waals surface area contributed by atoms with Crippen molar-refractivity contribution < 1.29 is 0 Å². The minimum atomic E-state index is 1.22. The highest BCUT2D eigenvalue weighted by atomic mass is 14.3. The van der Waals surface area contributed by atoms with Gasteiger partial charge in [-0.25, -0.2) is 0 Å². The number of hydrogen-bond acceptors (Lipinski definition) is 0. The van der Waals surface area contributed by atoms with E-state index in [-0.39, 0.29) is 0 Å². The second-order valence-corrected chi connectivity index (χ2v) is 15.1. The van der Waals surface area contributed by atoms with Gasteiger partial charge in [-0.3, -0.25) is 0 Å². The molecule has 12 aromatic rings. The molecule has 0 fully saturated rings. The molecule has 0 aromatic heterocycles. The minimum absolute atomic E-state index is 1.22. The smallest absolute Gasteiger partial charge is 0.00139 e. The van der Waals surface area contributed by atoms with Crippen molar-refractivity contribution >= 4 is 75.4 Å². The molecule has 258 valence electrons. The van der Waals surface area contributed by atoms with Crippen molar-refractivity contribution in [3.8, 4) is 44.5 Å². The van der Waals surface area contributed by atoms with Gasteiger partial charge in [0.2, 0.25) is 0 Å². The Hall–Kier alpha value is -7.28. The second kappa shape index (κ2) is 12.1. The Labute approximate surface area is 324 Å². The van der Waals surface area contributed by atoms with Gasteiger partial charge in [-0.05, 0) is 144 Å². The van der Waals surface area contributed by atoms with Crippen LogP contribution in [0.25, 0.3) is 120 Å². The first-order valence-corrected chi connectivity index (χ1v) is 19.5. The Balaban J connectivity index is 1.29. The summed E-state index contributed by atoms with van der Waals surface area (Å²) in [4.78, 5) is 0. The fraction of sp³-hybridized carbons (Fsp3) is 0. The lowest BCUT2D eigenvalue weighted by atomic mass is 9.80. The first kappa shape index (κ1) is 31.1. The van der Waals surface area contributed by atoms with Crippen molar-refractivity contribution in [3.05, 3.63) is 206 Å². The van der Waals surface area contributed by atoms with E-state index >= 15 is 0 Å². The van der Waals surface area contributed by atoms with E-state index in [9.17, 15) is 0 Å². The summed E-state index contributed by atoms with van der Waals surface area (Å²) in [5, 5.41) is 17.9. The van der Waals surface area contributed by atoms with E-state index in [0.717, 1.165) is 0 Å². The molecule has 0 aliphatic carbocycles. The topological polar surface area (TPSA) is 0 Å². The molecular weight excluding hydrogens is 673 g/mol. The van der Waals surface area contributed by atoms with E-state index < -0.39 is 0 Å². The molecule has 0 aliphatic rings. The second-order valence-electron chi connectivity index (χ2n) is 15.1. The zero-order valence-corrected chi connectivity index (χ0v) is 30.6. The van der Waals surface area contributed by atoms with Gasteiger partial charge in [-0.2, -0.15) is 0 Å². The first-order chi connectivity index (χ1) is 27.8. The third-order valence-corrected chi connectivity index (χ3v) is 12.2. The van der Waals surface area contributed by atoms with Crippen LogP contribution in [0.2, 0.25) is 0 Å². The van der Waals surface area contributed by atoms with Crippen LogP contribution in [0, 0.1) is 0 Å². The summed E-state index contributed by atoms with van der Waals surface area (Å²) in [7, 11) is 0. The molecule has 12 aromatic carbocycles. The summed E-state index contributed by atoms with van der Waals surface area (Å²) in [6, 6.07) is 76.7. The van der Waals surface area contributed by atoms with Crippen LogP contribution in [0.15, 0.2) is 206 Å². The van der Waals surface area contributed by atoms with Crippen LogP contribution in [-0.2, 0) is 0 Å². The van der Waals surface area contributed by atoms with Gasteiger partial charge < -0.3 is 0 Å². The standard InChI is InChI=1S/C56H34/c1-3-15-35(16-4-1)49-33-53(51-31-37-19-7-9-21-39(37)41-23-11-13-25-43(41)51)47-30-28-46-50(36-17-5-2-6-18-36)34-54(48-29-27-45(49)55(47)56(46)48)52-32-38-20-8-10-22-40(38)42-24-12-14-26-44(42)52/h1-34H. The summed E-state index contributed by atoms with van der Waals surface area (Å²) in [6.07, 6.45) is 0. The lowest BCUT2D eigenvalue weighted by Crippen LogP contribution is -1.95. The average Bonchev–Trinajstić information content (AvgIpc) is 3.28. The predicted molar refractivity (Wildman–Crippen MR) is 242 cm³/mol. The van der Waals surface area contributed by atoms with Crippen LogP contribution in [0.3, 0.4) is 0 Å². The van der Waals surface area contributed by atoms with Gasteiger partial charge in [-0.1, -0.05) is 182 Å². The van der Waals surface area contributed by atoms with Gasteiger partial charge >= 0.3 is 0 Å². The van der Waals surface area contributed by atoms with E-state index in [1.54, 1.807) is 0 Å². The maximum Gasteiger partial charge on any atom is -0.00139 e. The van der Waals surface area contributed by atoms with Crippen LogP contribution >= 0.6 is 0 Å². The van der Waals surface area contributed by atoms with E-state index in [4.69, 9.17) is 0 Å². The van der Waals surface area contributed by atoms with Crippen LogP contribution in [0.5, 0.6) is 0 Å². The van der Waals surface area contributed by atoms with Crippen molar-refractivity contribution in [2.24, 2.45) is 0 Å². The van der Waals surface area contributed by atoms with Gasteiger partial charge in [0.05, 0.1) is 0 Å². The monoisotopic (exact) mass is 706 g/mol. The number of rotatable bonds is 4. The minimum Gasteiger partial charge on any atom is -0.0622 e. The van der Waals surface area contributed by atoms with Crippen LogP contribution in [0.1, 0.15) is 0 Å². The molecule has 0 bridgehead atoms. The first-order valence-electron chi connectivity index (χ1n) is 19.5. The normalized spacial score (nSPS) is 11.9. The maximum atomic E-state index is 2.46. The molecule has 0 saturated heterocycles. The maximum absolute atomic E-state index is 2.46. The van der Waals surface area contributed by atoms with Crippen molar-refractivity contribution in [2.75, 3.05) is 0 Å². The van der Waals surface area contributed by atoms with Crippen LogP contribution in [0.4, 0.5) is 0 Å². The number of hydrogen-bond donors (Lipinski definition) is 0. The van der Waals surface area contributed by atoms with Crippen molar-refractivity contribution in [1.82, 2.24) is 0 Å². The van der Waals surface area contributed by atoms with E-state index in [0.29, 0.717) is 0 Å². The highest BCUT2D eigenvalue weighted by molar-refractivity contribution is 6.33. The SMILES string of the molecule is c1ccc(-c2cc(-c3cc4ccccc4c4ccccc34)c3ccc4c(-c5ccccc5)cc(-c5cc6ccccc6c6ccccc56)c5ccc2c3c45)cc1. The molecule has 0 saturated carbocycles. The van der Waals surface area contributed by atoms with Gasteiger partial charge in [0.15, 0.2) is 0 Å². The van der Waals surface area contributed by atoms with Gasteiger partial charge in [0.1, 0.15) is 0 Å². The molecule has 0 unspecified atom stereocenters. The summed E-state index contributed by atoms with van der Waals surface area (Å²) >= 11 is 0. The molecule has 0 heteroatoms. The third kappa shape index (κ3) is 4.54. The summed E-state index contributed by atoms with van der Waals surface area (Å²) in [5.74, 6) is 0. The van der Waals surface area contributed by atoms with Crippen molar-refractivity contribution in [2.45, 2.75) is 0 Å². The molecule has 0 amide bonds. The summed E-state index contributed by atoms with van der Waals surface area (Å²) < 4.78 is 0. The summed E-state index contributed by atoms with van der Waals surface area (Å²) in [6.45, 7) is 0. The van der Waals surface area contributed by atoms with Gasteiger partial charge in [0, 0.05) is 0 Å². The molecule has 0 atom stereocenters. The highest BCUT2D eigenvalue weighted by Gasteiger charge is 2.23. The summed E-state index contributed by atoms with van der Waals surface area (Å²) in [5.41, 5.74) is 10.00. The molecule has 0 nitrogen and oxygen atoms in total. The Bertz CT molecular complexity index is 3270. The van der Waals surface area contributed by atoms with Crippen molar-refractivity contribution in [1.29, 1.82) is 0 Å². The third-order valence-electron chi connectivity index (χ3n) is 12.2. The quantitative estimate of drug-likeness (QED) is 0.160. The molecule has 0 heterocycles. The molecule has 0 radical (unpaired) electrons. The predicted octanol–water partition coefficient (Wildman–Crippen LogP) is 15.9.